The number of nitrogens with zero attached hydrogens (tertiary/aromatic N) is 1. The van der Waals surface area contributed by atoms with Gasteiger partial charge >= 0.3 is 18.2 Å². The molecule has 1 fully saturated rings. The fraction of sp³-hybridized carbons (Fsp3) is 0.812. The first kappa shape index (κ1) is 21.0. The van der Waals surface area contributed by atoms with Crippen molar-refractivity contribution in [1.29, 1.82) is 0 Å². The third kappa shape index (κ3) is 7.59. The van der Waals surface area contributed by atoms with Gasteiger partial charge in [-0.25, -0.2) is 14.4 Å². The number of aliphatic hydroxyl groups excluding tert-OH is 1. The van der Waals surface area contributed by atoms with E-state index in [1.807, 2.05) is 20.8 Å². The van der Waals surface area contributed by atoms with Gasteiger partial charge in [0.25, 0.3) is 0 Å². The van der Waals surface area contributed by atoms with Crippen LogP contribution in [0.4, 0.5) is 9.59 Å². The number of piperidine rings is 1. The highest BCUT2D eigenvalue weighted by atomic mass is 16.6. The molecule has 2 amide bonds. The van der Waals surface area contributed by atoms with Gasteiger partial charge in [0.1, 0.15) is 5.60 Å². The van der Waals surface area contributed by atoms with E-state index in [-0.39, 0.29) is 18.6 Å². The summed E-state index contributed by atoms with van der Waals surface area (Å²) >= 11 is 0. The van der Waals surface area contributed by atoms with Crippen molar-refractivity contribution in [3.05, 3.63) is 0 Å². The van der Waals surface area contributed by atoms with Crippen molar-refractivity contribution in [2.75, 3.05) is 33.4 Å². The smallest absolute Gasteiger partial charge is 0.410 e. The molecule has 9 heteroatoms. The number of carbonyl (C=O) groups is 3. The standard InChI is InChI=1S/C16H28N2O7/c1-16(2,3)25-15(22)18-7-5-11(6-8-18)10-24-14(21)17-12(9-19)13(20)23-4/h11-12,19H,5-10H2,1-4H3,(H,17,21)/t12-/m0/s1. The molecule has 25 heavy (non-hydrogen) atoms. The van der Waals surface area contributed by atoms with Crippen LogP contribution in [0.5, 0.6) is 0 Å². The molecule has 0 aromatic rings. The predicted molar refractivity (Wildman–Crippen MR) is 87.9 cm³/mol. The summed E-state index contributed by atoms with van der Waals surface area (Å²) in [4.78, 5) is 36.6. The fourth-order valence-corrected chi connectivity index (χ4v) is 2.31. The Bertz CT molecular complexity index is 468. The molecule has 9 nitrogen and oxygen atoms in total. The molecular formula is C16H28N2O7. The third-order valence-electron chi connectivity index (χ3n) is 3.68. The van der Waals surface area contributed by atoms with Crippen LogP contribution in [-0.2, 0) is 19.0 Å². The van der Waals surface area contributed by atoms with Crippen LogP contribution in [0.15, 0.2) is 0 Å². The van der Waals surface area contributed by atoms with Gasteiger partial charge in [-0.2, -0.15) is 0 Å². The first-order valence-electron chi connectivity index (χ1n) is 8.26. The Balaban J connectivity index is 2.31. The molecule has 1 aliphatic rings. The number of carbonyl (C=O) groups excluding carboxylic acids is 3. The molecule has 144 valence electrons. The summed E-state index contributed by atoms with van der Waals surface area (Å²) in [5.41, 5.74) is -0.530. The first-order chi connectivity index (χ1) is 11.7. The van der Waals surface area contributed by atoms with Crippen LogP contribution in [0, 0.1) is 5.92 Å². The molecule has 0 aromatic carbocycles. The van der Waals surface area contributed by atoms with Gasteiger partial charge in [0, 0.05) is 13.1 Å². The van der Waals surface area contributed by atoms with E-state index in [4.69, 9.17) is 14.6 Å². The quantitative estimate of drug-likeness (QED) is 0.553. The summed E-state index contributed by atoms with van der Waals surface area (Å²) in [6.45, 7) is 6.12. The van der Waals surface area contributed by atoms with E-state index in [0.717, 1.165) is 7.11 Å². The topological polar surface area (TPSA) is 114 Å². The number of ether oxygens (including phenoxy) is 3. The minimum atomic E-state index is -1.15. The molecule has 0 bridgehead atoms. The Kier molecular flexibility index (Phi) is 7.95. The SMILES string of the molecule is COC(=O)[C@H](CO)NC(=O)OCC1CCN(C(=O)OC(C)(C)C)CC1. The van der Waals surface area contributed by atoms with Crippen molar-refractivity contribution in [2.45, 2.75) is 45.3 Å². The monoisotopic (exact) mass is 360 g/mol. The van der Waals surface area contributed by atoms with Gasteiger partial charge in [-0.15, -0.1) is 0 Å². The molecule has 0 spiro atoms. The highest BCUT2D eigenvalue weighted by molar-refractivity contribution is 5.81. The normalized spacial score (nSPS) is 16.8. The number of rotatable bonds is 5. The van der Waals surface area contributed by atoms with Crippen LogP contribution in [0.25, 0.3) is 0 Å². The molecule has 1 atom stereocenters. The van der Waals surface area contributed by atoms with Crippen LogP contribution in [0.1, 0.15) is 33.6 Å². The molecule has 1 rings (SSSR count). The highest BCUT2D eigenvalue weighted by Crippen LogP contribution is 2.20. The van der Waals surface area contributed by atoms with Crippen LogP contribution in [0.2, 0.25) is 0 Å². The van der Waals surface area contributed by atoms with Crippen molar-refractivity contribution in [3.8, 4) is 0 Å². The average Bonchev–Trinajstić information content (AvgIpc) is 2.56. The van der Waals surface area contributed by atoms with Gasteiger partial charge in [-0.1, -0.05) is 0 Å². The van der Waals surface area contributed by atoms with Crippen LogP contribution in [-0.4, -0.2) is 73.2 Å². The molecule has 0 saturated carbocycles. The Hall–Kier alpha value is -2.03. The van der Waals surface area contributed by atoms with Crippen molar-refractivity contribution in [3.63, 3.8) is 0 Å². The van der Waals surface area contributed by atoms with Crippen molar-refractivity contribution >= 4 is 18.2 Å². The first-order valence-corrected chi connectivity index (χ1v) is 8.26. The number of hydrogen-bond acceptors (Lipinski definition) is 7. The fourth-order valence-electron chi connectivity index (χ4n) is 2.31. The molecule has 0 aliphatic carbocycles. The van der Waals surface area contributed by atoms with Gasteiger partial charge in [-0.3, -0.25) is 0 Å². The van der Waals surface area contributed by atoms with E-state index >= 15 is 0 Å². The lowest BCUT2D eigenvalue weighted by Crippen LogP contribution is -2.45. The molecule has 0 radical (unpaired) electrons. The van der Waals surface area contributed by atoms with Crippen molar-refractivity contribution in [2.24, 2.45) is 5.92 Å². The lowest BCUT2D eigenvalue weighted by molar-refractivity contribution is -0.144. The summed E-state index contributed by atoms with van der Waals surface area (Å²) in [5, 5.41) is 11.3. The lowest BCUT2D eigenvalue weighted by atomic mass is 9.98. The molecule has 2 N–H and O–H groups in total. The molecule has 0 unspecified atom stereocenters. The molecular weight excluding hydrogens is 332 g/mol. The third-order valence-corrected chi connectivity index (χ3v) is 3.68. The van der Waals surface area contributed by atoms with Gasteiger partial charge < -0.3 is 29.5 Å². The van der Waals surface area contributed by atoms with Gasteiger partial charge in [0.15, 0.2) is 6.04 Å². The summed E-state index contributed by atoms with van der Waals surface area (Å²) in [7, 11) is 1.16. The Morgan fingerprint density at radius 2 is 1.84 bits per heavy atom. The molecule has 1 saturated heterocycles. The van der Waals surface area contributed by atoms with E-state index in [1.165, 1.54) is 0 Å². The number of methoxy groups -OCH3 is 1. The summed E-state index contributed by atoms with van der Waals surface area (Å²) in [6.07, 6.45) is 0.243. The van der Waals surface area contributed by atoms with E-state index in [9.17, 15) is 14.4 Å². The number of esters is 1. The van der Waals surface area contributed by atoms with Gasteiger partial charge in [-0.05, 0) is 39.5 Å². The predicted octanol–water partition coefficient (Wildman–Crippen LogP) is 0.894. The zero-order valence-corrected chi connectivity index (χ0v) is 15.2. The second kappa shape index (κ2) is 9.45. The number of likely N-dealkylation sites (tertiary alicyclic amines) is 1. The van der Waals surface area contributed by atoms with E-state index in [0.29, 0.717) is 25.9 Å². The summed E-state index contributed by atoms with van der Waals surface area (Å²) in [5.74, 6) is -0.625. The maximum absolute atomic E-state index is 12.0. The number of aliphatic hydroxyl groups is 1. The number of hydrogen-bond donors (Lipinski definition) is 2. The number of nitrogens with one attached hydrogen (secondary N) is 1. The van der Waals surface area contributed by atoms with Crippen molar-refractivity contribution in [1.82, 2.24) is 10.2 Å². The number of alkyl carbamates (subject to hydrolysis) is 1. The van der Waals surface area contributed by atoms with Gasteiger partial charge in [0.05, 0.1) is 20.3 Å². The minimum Gasteiger partial charge on any atom is -0.467 e. The zero-order chi connectivity index (χ0) is 19.0. The highest BCUT2D eigenvalue weighted by Gasteiger charge is 2.28. The second-order valence-corrected chi connectivity index (χ2v) is 6.91. The number of amides is 2. The molecule has 1 heterocycles. The average molecular weight is 360 g/mol. The second-order valence-electron chi connectivity index (χ2n) is 6.91. The van der Waals surface area contributed by atoms with Crippen LogP contribution in [0.3, 0.4) is 0 Å². The van der Waals surface area contributed by atoms with E-state index < -0.39 is 30.3 Å². The Labute approximate surface area is 147 Å². The minimum absolute atomic E-state index is 0.120. The van der Waals surface area contributed by atoms with Crippen LogP contribution >= 0.6 is 0 Å². The maximum Gasteiger partial charge on any atom is 0.410 e. The zero-order valence-electron chi connectivity index (χ0n) is 15.2. The molecule has 0 aromatic heterocycles. The summed E-state index contributed by atoms with van der Waals surface area (Å²) in [6, 6.07) is -1.15. The Morgan fingerprint density at radius 1 is 1.24 bits per heavy atom. The van der Waals surface area contributed by atoms with Gasteiger partial charge in [0.2, 0.25) is 0 Å². The molecule has 1 aliphatic heterocycles. The van der Waals surface area contributed by atoms with Crippen molar-refractivity contribution < 1.29 is 33.7 Å². The van der Waals surface area contributed by atoms with E-state index in [2.05, 4.69) is 10.1 Å². The maximum atomic E-state index is 12.0. The van der Waals surface area contributed by atoms with Crippen LogP contribution < -0.4 is 5.32 Å². The summed E-state index contributed by atoms with van der Waals surface area (Å²) < 4.78 is 14.9. The van der Waals surface area contributed by atoms with E-state index in [1.54, 1.807) is 4.90 Å². The lowest BCUT2D eigenvalue weighted by Gasteiger charge is -2.33. The largest absolute Gasteiger partial charge is 0.467 e. The Morgan fingerprint density at radius 3 is 2.32 bits per heavy atom.